The first-order chi connectivity index (χ1) is 9.23. The summed E-state index contributed by atoms with van der Waals surface area (Å²) in [6.45, 7) is 3.97. The second-order valence-electron chi connectivity index (χ2n) is 5.73. The first kappa shape index (κ1) is 14.9. The van der Waals surface area contributed by atoms with Gasteiger partial charge in [0, 0.05) is 12.0 Å². The molecule has 1 saturated heterocycles. The number of carbonyl (C=O) groups is 1. The summed E-state index contributed by atoms with van der Waals surface area (Å²) in [4.78, 5) is 11.5. The van der Waals surface area contributed by atoms with E-state index in [2.05, 4.69) is 5.32 Å². The van der Waals surface area contributed by atoms with Gasteiger partial charge in [0.25, 0.3) is 0 Å². The van der Waals surface area contributed by atoms with E-state index in [0.29, 0.717) is 24.8 Å². The van der Waals surface area contributed by atoms with E-state index in [-0.39, 0.29) is 11.8 Å². The number of hydrogen-bond donors (Lipinski definition) is 1. The molecule has 0 saturated carbocycles. The highest BCUT2D eigenvalue weighted by molar-refractivity contribution is 5.79. The Bertz CT molecular complexity index is 510. The Balaban J connectivity index is 2.26. The number of benzene rings is 1. The van der Waals surface area contributed by atoms with Gasteiger partial charge >= 0.3 is 6.18 Å². The molecule has 0 spiro atoms. The molecule has 1 fully saturated rings. The van der Waals surface area contributed by atoms with Crippen molar-refractivity contribution in [1.82, 2.24) is 5.32 Å². The van der Waals surface area contributed by atoms with Crippen LogP contribution in [0.15, 0.2) is 24.3 Å². The third-order valence-electron chi connectivity index (χ3n) is 4.07. The van der Waals surface area contributed by atoms with Crippen LogP contribution in [0.5, 0.6) is 0 Å². The lowest BCUT2D eigenvalue weighted by atomic mass is 9.79. The largest absolute Gasteiger partial charge is 0.416 e. The maximum Gasteiger partial charge on any atom is 0.416 e. The summed E-state index contributed by atoms with van der Waals surface area (Å²) in [7, 11) is 0. The lowest BCUT2D eigenvalue weighted by Gasteiger charge is -2.34. The fourth-order valence-electron chi connectivity index (χ4n) is 2.73. The SMILES string of the molecule is CC(C)C1(Cc2cccc(C(F)(F)F)c2)CCC(=O)N1. The monoisotopic (exact) mass is 285 g/mol. The molecule has 1 atom stereocenters. The van der Waals surface area contributed by atoms with Crippen molar-refractivity contribution in [3.05, 3.63) is 35.4 Å². The molecule has 2 nitrogen and oxygen atoms in total. The van der Waals surface area contributed by atoms with Gasteiger partial charge in [-0.15, -0.1) is 0 Å². The smallest absolute Gasteiger partial charge is 0.350 e. The van der Waals surface area contributed by atoms with E-state index in [1.807, 2.05) is 13.8 Å². The fraction of sp³-hybridized carbons (Fsp3) is 0.533. The van der Waals surface area contributed by atoms with Gasteiger partial charge in [0.05, 0.1) is 5.56 Å². The topological polar surface area (TPSA) is 29.1 Å². The molecule has 1 heterocycles. The highest BCUT2D eigenvalue weighted by Gasteiger charge is 2.40. The molecule has 0 aliphatic carbocycles. The molecule has 20 heavy (non-hydrogen) atoms. The second kappa shape index (κ2) is 5.11. The van der Waals surface area contributed by atoms with Crippen LogP contribution in [0, 0.1) is 5.92 Å². The van der Waals surface area contributed by atoms with Crippen molar-refractivity contribution in [2.75, 3.05) is 0 Å². The first-order valence-electron chi connectivity index (χ1n) is 6.70. The summed E-state index contributed by atoms with van der Waals surface area (Å²) in [5, 5.41) is 2.95. The summed E-state index contributed by atoms with van der Waals surface area (Å²) >= 11 is 0. The minimum Gasteiger partial charge on any atom is -0.350 e. The normalized spacial score (nSPS) is 23.2. The Labute approximate surface area is 116 Å². The molecule has 1 aromatic carbocycles. The minimum absolute atomic E-state index is 0.0225. The standard InChI is InChI=1S/C15H18F3NO/c1-10(2)14(7-6-13(20)19-14)9-11-4-3-5-12(8-11)15(16,17)18/h3-5,8,10H,6-7,9H2,1-2H3,(H,19,20). The molecule has 5 heteroatoms. The van der Waals surface area contributed by atoms with Gasteiger partial charge in [-0.05, 0) is 30.4 Å². The van der Waals surface area contributed by atoms with Crippen LogP contribution in [0.4, 0.5) is 13.2 Å². The van der Waals surface area contributed by atoms with Gasteiger partial charge in [0.1, 0.15) is 0 Å². The van der Waals surface area contributed by atoms with Gasteiger partial charge in [-0.1, -0.05) is 32.0 Å². The Morgan fingerprint density at radius 2 is 2.05 bits per heavy atom. The first-order valence-corrected chi connectivity index (χ1v) is 6.70. The molecule has 0 aromatic heterocycles. The number of amides is 1. The van der Waals surface area contributed by atoms with Gasteiger partial charge in [-0.25, -0.2) is 0 Å². The van der Waals surface area contributed by atoms with Crippen LogP contribution in [0.2, 0.25) is 0 Å². The van der Waals surface area contributed by atoms with Gasteiger partial charge in [0.15, 0.2) is 0 Å². The summed E-state index contributed by atoms with van der Waals surface area (Å²) < 4.78 is 38.2. The number of hydrogen-bond acceptors (Lipinski definition) is 1. The van der Waals surface area contributed by atoms with E-state index in [1.165, 1.54) is 12.1 Å². The Hall–Kier alpha value is -1.52. The Morgan fingerprint density at radius 1 is 1.35 bits per heavy atom. The van der Waals surface area contributed by atoms with Crippen LogP contribution in [0.1, 0.15) is 37.8 Å². The molecular weight excluding hydrogens is 267 g/mol. The van der Waals surface area contributed by atoms with Crippen LogP contribution < -0.4 is 5.32 Å². The van der Waals surface area contributed by atoms with Crippen molar-refractivity contribution < 1.29 is 18.0 Å². The quantitative estimate of drug-likeness (QED) is 0.904. The van der Waals surface area contributed by atoms with Gasteiger partial charge in [-0.2, -0.15) is 13.2 Å². The molecule has 0 radical (unpaired) electrons. The zero-order chi connectivity index (χ0) is 15.0. The van der Waals surface area contributed by atoms with E-state index < -0.39 is 17.3 Å². The molecule has 1 aliphatic heterocycles. The van der Waals surface area contributed by atoms with Crippen molar-refractivity contribution in [3.63, 3.8) is 0 Å². The Kier molecular flexibility index (Phi) is 3.80. The molecule has 2 rings (SSSR count). The van der Waals surface area contributed by atoms with Gasteiger partial charge in [0.2, 0.25) is 5.91 Å². The molecule has 1 unspecified atom stereocenters. The third-order valence-corrected chi connectivity index (χ3v) is 4.07. The summed E-state index contributed by atoms with van der Waals surface area (Å²) in [5.41, 5.74) is -0.463. The predicted octanol–water partition coefficient (Wildman–Crippen LogP) is 3.55. The highest BCUT2D eigenvalue weighted by Crippen LogP contribution is 2.34. The summed E-state index contributed by atoms with van der Waals surface area (Å²) in [6.07, 6.45) is -2.79. The molecule has 110 valence electrons. The number of halogens is 3. The van der Waals surface area contributed by atoms with Gasteiger partial charge in [-0.3, -0.25) is 4.79 Å². The molecule has 1 N–H and O–H groups in total. The van der Waals surface area contributed by atoms with Crippen LogP contribution in [0.3, 0.4) is 0 Å². The van der Waals surface area contributed by atoms with Crippen LogP contribution in [0.25, 0.3) is 0 Å². The van der Waals surface area contributed by atoms with E-state index in [1.54, 1.807) is 6.07 Å². The minimum atomic E-state index is -4.33. The van der Waals surface area contributed by atoms with Gasteiger partial charge < -0.3 is 5.32 Å². The average molecular weight is 285 g/mol. The maximum absolute atomic E-state index is 12.7. The molecule has 1 aromatic rings. The summed E-state index contributed by atoms with van der Waals surface area (Å²) in [6, 6.07) is 5.35. The van der Waals surface area contributed by atoms with Crippen molar-refractivity contribution in [2.24, 2.45) is 5.92 Å². The summed E-state index contributed by atoms with van der Waals surface area (Å²) in [5.74, 6) is 0.147. The lowest BCUT2D eigenvalue weighted by molar-refractivity contribution is -0.137. The number of carbonyl (C=O) groups excluding carboxylic acids is 1. The van der Waals surface area contributed by atoms with Crippen LogP contribution >= 0.6 is 0 Å². The lowest BCUT2D eigenvalue weighted by Crippen LogP contribution is -2.48. The molecule has 0 bridgehead atoms. The number of nitrogens with one attached hydrogen (secondary N) is 1. The predicted molar refractivity (Wildman–Crippen MR) is 70.1 cm³/mol. The number of rotatable bonds is 3. The van der Waals surface area contributed by atoms with Crippen molar-refractivity contribution >= 4 is 5.91 Å². The van der Waals surface area contributed by atoms with Crippen LogP contribution in [-0.4, -0.2) is 11.4 Å². The van der Waals surface area contributed by atoms with Crippen molar-refractivity contribution in [2.45, 2.75) is 44.8 Å². The molecule has 1 aliphatic rings. The molecular formula is C15H18F3NO. The highest BCUT2D eigenvalue weighted by atomic mass is 19.4. The zero-order valence-electron chi connectivity index (χ0n) is 11.6. The second-order valence-corrected chi connectivity index (χ2v) is 5.73. The molecule has 1 amide bonds. The van der Waals surface area contributed by atoms with E-state index in [0.717, 1.165) is 6.07 Å². The Morgan fingerprint density at radius 3 is 2.55 bits per heavy atom. The van der Waals surface area contributed by atoms with E-state index >= 15 is 0 Å². The van der Waals surface area contributed by atoms with E-state index in [4.69, 9.17) is 0 Å². The fourth-order valence-corrected chi connectivity index (χ4v) is 2.73. The average Bonchev–Trinajstić information content (AvgIpc) is 2.71. The van der Waals surface area contributed by atoms with Crippen molar-refractivity contribution in [3.8, 4) is 0 Å². The van der Waals surface area contributed by atoms with Crippen LogP contribution in [-0.2, 0) is 17.4 Å². The van der Waals surface area contributed by atoms with Crippen molar-refractivity contribution in [1.29, 1.82) is 0 Å². The third kappa shape index (κ3) is 2.97. The number of alkyl halides is 3. The van der Waals surface area contributed by atoms with E-state index in [9.17, 15) is 18.0 Å². The maximum atomic E-state index is 12.7. The zero-order valence-corrected chi connectivity index (χ0v) is 11.6.